The van der Waals surface area contributed by atoms with Gasteiger partial charge in [0.1, 0.15) is 0 Å². The van der Waals surface area contributed by atoms with Crippen LogP contribution in [0.3, 0.4) is 0 Å². The highest BCUT2D eigenvalue weighted by Gasteiger charge is 2.22. The molecule has 0 saturated heterocycles. The number of hydrogen-bond donors (Lipinski definition) is 2. The number of aliphatic hydroxyl groups is 1. The highest BCUT2D eigenvalue weighted by atomic mass is 35.5. The van der Waals surface area contributed by atoms with E-state index < -0.39 is 0 Å². The van der Waals surface area contributed by atoms with Crippen LogP contribution in [0.15, 0.2) is 12.1 Å². The van der Waals surface area contributed by atoms with Gasteiger partial charge >= 0.3 is 0 Å². The first-order valence-corrected chi connectivity index (χ1v) is 9.01. The second-order valence-electron chi connectivity index (χ2n) is 6.05. The van der Waals surface area contributed by atoms with Crippen LogP contribution in [0.1, 0.15) is 56.3 Å². The predicted molar refractivity (Wildman–Crippen MR) is 94.1 cm³/mol. The zero-order valence-electron chi connectivity index (χ0n) is 14.3. The van der Waals surface area contributed by atoms with Crippen LogP contribution in [0.4, 0.5) is 0 Å². The number of carbonyl (C=O) groups excluding carboxylic acids is 1. The molecule has 2 rings (SSSR count). The maximum atomic E-state index is 12.5. The standard InChI is InChI=1S/C18H26ClNO4/c1-3-9-24-17-15(19)10-12(11-16(17)23-4-2)18(22)20-13-5-7-14(21)8-6-13/h10-11,13-14,21H,3-9H2,1-2H3,(H,20,22). The van der Waals surface area contributed by atoms with E-state index in [9.17, 15) is 9.90 Å². The lowest BCUT2D eigenvalue weighted by molar-refractivity contribution is 0.0867. The van der Waals surface area contributed by atoms with E-state index in [-0.39, 0.29) is 18.1 Å². The van der Waals surface area contributed by atoms with E-state index in [0.717, 1.165) is 32.1 Å². The smallest absolute Gasteiger partial charge is 0.251 e. The van der Waals surface area contributed by atoms with Crippen LogP contribution in [0.5, 0.6) is 11.5 Å². The molecule has 1 saturated carbocycles. The Morgan fingerprint density at radius 2 is 1.96 bits per heavy atom. The summed E-state index contributed by atoms with van der Waals surface area (Å²) in [5.74, 6) is 0.793. The molecule has 6 heteroatoms. The molecule has 1 fully saturated rings. The fraction of sp³-hybridized carbons (Fsp3) is 0.611. The number of nitrogens with one attached hydrogen (secondary N) is 1. The zero-order valence-corrected chi connectivity index (χ0v) is 15.1. The van der Waals surface area contributed by atoms with E-state index in [4.69, 9.17) is 21.1 Å². The van der Waals surface area contributed by atoms with Crippen LogP contribution >= 0.6 is 11.6 Å². The van der Waals surface area contributed by atoms with E-state index in [1.807, 2.05) is 13.8 Å². The molecule has 24 heavy (non-hydrogen) atoms. The topological polar surface area (TPSA) is 67.8 Å². The van der Waals surface area contributed by atoms with Crippen molar-refractivity contribution in [2.24, 2.45) is 0 Å². The quantitative estimate of drug-likeness (QED) is 0.784. The van der Waals surface area contributed by atoms with Crippen LogP contribution in [0, 0.1) is 0 Å². The lowest BCUT2D eigenvalue weighted by Crippen LogP contribution is -2.38. The number of aliphatic hydroxyl groups excluding tert-OH is 1. The third kappa shape index (κ3) is 5.02. The summed E-state index contributed by atoms with van der Waals surface area (Å²) in [4.78, 5) is 12.5. The number of rotatable bonds is 7. The summed E-state index contributed by atoms with van der Waals surface area (Å²) < 4.78 is 11.2. The molecule has 0 heterocycles. The Morgan fingerprint density at radius 3 is 2.58 bits per heavy atom. The van der Waals surface area contributed by atoms with Gasteiger partial charge in [0.15, 0.2) is 11.5 Å². The van der Waals surface area contributed by atoms with Crippen LogP contribution < -0.4 is 14.8 Å². The van der Waals surface area contributed by atoms with Gasteiger partial charge in [-0.2, -0.15) is 0 Å². The monoisotopic (exact) mass is 355 g/mol. The number of amides is 1. The van der Waals surface area contributed by atoms with Gasteiger partial charge in [-0.05, 0) is 51.2 Å². The first kappa shape index (κ1) is 18.9. The van der Waals surface area contributed by atoms with Crippen molar-refractivity contribution in [3.8, 4) is 11.5 Å². The summed E-state index contributed by atoms with van der Waals surface area (Å²) in [5, 5.41) is 12.9. The Labute approximate surface area is 148 Å². The van der Waals surface area contributed by atoms with Gasteiger partial charge in [0.2, 0.25) is 0 Å². The molecule has 2 N–H and O–H groups in total. The summed E-state index contributed by atoms with van der Waals surface area (Å²) in [6, 6.07) is 3.38. The van der Waals surface area contributed by atoms with Gasteiger partial charge in [0.25, 0.3) is 5.91 Å². The highest BCUT2D eigenvalue weighted by molar-refractivity contribution is 6.32. The van der Waals surface area contributed by atoms with Gasteiger partial charge in [-0.25, -0.2) is 0 Å². The fourth-order valence-electron chi connectivity index (χ4n) is 2.80. The molecular formula is C18H26ClNO4. The number of benzene rings is 1. The maximum Gasteiger partial charge on any atom is 0.251 e. The Balaban J connectivity index is 2.12. The van der Waals surface area contributed by atoms with Crippen molar-refractivity contribution >= 4 is 17.5 Å². The van der Waals surface area contributed by atoms with Gasteiger partial charge < -0.3 is 19.9 Å². The molecule has 0 radical (unpaired) electrons. The molecule has 5 nitrogen and oxygen atoms in total. The van der Waals surface area contributed by atoms with E-state index in [1.54, 1.807) is 12.1 Å². The van der Waals surface area contributed by atoms with Crippen molar-refractivity contribution in [2.75, 3.05) is 13.2 Å². The second-order valence-corrected chi connectivity index (χ2v) is 6.45. The van der Waals surface area contributed by atoms with Crippen LogP contribution in [-0.2, 0) is 0 Å². The second kappa shape index (κ2) is 9.14. The van der Waals surface area contributed by atoms with E-state index in [1.165, 1.54) is 0 Å². The highest BCUT2D eigenvalue weighted by Crippen LogP contribution is 2.37. The lowest BCUT2D eigenvalue weighted by Gasteiger charge is -2.26. The van der Waals surface area contributed by atoms with Gasteiger partial charge in [-0.3, -0.25) is 4.79 Å². The fourth-order valence-corrected chi connectivity index (χ4v) is 3.06. The molecule has 0 aromatic heterocycles. The zero-order chi connectivity index (χ0) is 17.5. The molecule has 0 spiro atoms. The van der Waals surface area contributed by atoms with Gasteiger partial charge in [0, 0.05) is 11.6 Å². The molecule has 0 aliphatic heterocycles. The average Bonchev–Trinajstić information content (AvgIpc) is 2.56. The molecule has 1 amide bonds. The van der Waals surface area contributed by atoms with Gasteiger partial charge in [-0.15, -0.1) is 0 Å². The normalized spacial score (nSPS) is 20.5. The Kier molecular flexibility index (Phi) is 7.18. The minimum atomic E-state index is -0.243. The summed E-state index contributed by atoms with van der Waals surface area (Å²) in [7, 11) is 0. The lowest BCUT2D eigenvalue weighted by atomic mass is 9.93. The van der Waals surface area contributed by atoms with Crippen molar-refractivity contribution in [1.82, 2.24) is 5.32 Å². The van der Waals surface area contributed by atoms with E-state index in [0.29, 0.717) is 35.3 Å². The molecule has 1 aromatic carbocycles. The van der Waals surface area contributed by atoms with Gasteiger partial charge in [-0.1, -0.05) is 18.5 Å². The predicted octanol–water partition coefficient (Wildman–Crippen LogP) is 3.56. The van der Waals surface area contributed by atoms with Crippen LogP contribution in [0.2, 0.25) is 5.02 Å². The van der Waals surface area contributed by atoms with Crippen molar-refractivity contribution in [3.63, 3.8) is 0 Å². The summed E-state index contributed by atoms with van der Waals surface area (Å²) in [6.07, 6.45) is 3.64. The molecule has 1 aliphatic carbocycles. The number of ether oxygens (including phenoxy) is 2. The molecular weight excluding hydrogens is 330 g/mol. The SMILES string of the molecule is CCCOc1c(Cl)cc(C(=O)NC2CCC(O)CC2)cc1OCC. The Hall–Kier alpha value is -1.46. The largest absolute Gasteiger partial charge is 0.490 e. The minimum absolute atomic E-state index is 0.0891. The van der Waals surface area contributed by atoms with Crippen molar-refractivity contribution in [2.45, 2.75) is 58.1 Å². The Bertz CT molecular complexity index is 556. The maximum absolute atomic E-state index is 12.5. The van der Waals surface area contributed by atoms with E-state index in [2.05, 4.69) is 5.32 Å². The third-order valence-corrected chi connectivity index (χ3v) is 4.33. The van der Waals surface area contributed by atoms with Crippen LogP contribution in [0.25, 0.3) is 0 Å². The van der Waals surface area contributed by atoms with Crippen molar-refractivity contribution < 1.29 is 19.4 Å². The number of hydrogen-bond acceptors (Lipinski definition) is 4. The molecule has 0 atom stereocenters. The number of carbonyl (C=O) groups is 1. The number of halogens is 1. The molecule has 1 aliphatic rings. The summed E-state index contributed by atoms with van der Waals surface area (Å²) >= 11 is 6.29. The Morgan fingerprint density at radius 1 is 1.25 bits per heavy atom. The summed E-state index contributed by atoms with van der Waals surface area (Å²) in [6.45, 7) is 4.88. The summed E-state index contributed by atoms with van der Waals surface area (Å²) in [5.41, 5.74) is 0.457. The first-order chi connectivity index (χ1) is 11.5. The minimum Gasteiger partial charge on any atom is -0.490 e. The third-order valence-electron chi connectivity index (χ3n) is 4.05. The van der Waals surface area contributed by atoms with Crippen molar-refractivity contribution in [3.05, 3.63) is 22.7 Å². The van der Waals surface area contributed by atoms with Gasteiger partial charge in [0.05, 0.1) is 24.3 Å². The molecule has 0 bridgehead atoms. The van der Waals surface area contributed by atoms with Crippen LogP contribution in [-0.4, -0.2) is 36.4 Å². The molecule has 1 aromatic rings. The average molecular weight is 356 g/mol. The molecule has 0 unspecified atom stereocenters. The first-order valence-electron chi connectivity index (χ1n) is 8.63. The molecule has 134 valence electrons. The van der Waals surface area contributed by atoms with Crippen molar-refractivity contribution in [1.29, 1.82) is 0 Å². The van der Waals surface area contributed by atoms with E-state index >= 15 is 0 Å².